The van der Waals surface area contributed by atoms with Gasteiger partial charge in [-0.2, -0.15) is 0 Å². The van der Waals surface area contributed by atoms with Gasteiger partial charge in [0, 0.05) is 5.92 Å². The Labute approximate surface area is 91.6 Å². The Morgan fingerprint density at radius 1 is 1.47 bits per heavy atom. The van der Waals surface area contributed by atoms with Gasteiger partial charge < -0.3 is 9.42 Å². The minimum Gasteiger partial charge on any atom is -0.324 e. The Balaban J connectivity index is 4.06. The molecule has 0 rings (SSSR count). The molecule has 0 fully saturated rings. The van der Waals surface area contributed by atoms with Crippen LogP contribution >= 0.6 is 7.60 Å². The third-order valence-corrected chi connectivity index (χ3v) is 3.60. The first kappa shape index (κ1) is 14.8. The highest BCUT2D eigenvalue weighted by atomic mass is 31.2. The van der Waals surface area contributed by atoms with Gasteiger partial charge in [0.15, 0.2) is 0 Å². The van der Waals surface area contributed by atoms with E-state index in [9.17, 15) is 14.3 Å². The lowest BCUT2D eigenvalue weighted by atomic mass is 10.0. The minimum absolute atomic E-state index is 0.147. The Bertz CT molecular complexity index is 240. The van der Waals surface area contributed by atoms with Crippen LogP contribution in [-0.4, -0.2) is 23.4 Å². The highest BCUT2D eigenvalue weighted by Gasteiger charge is 2.26. The fraction of sp³-hybridized carbons (Fsp3) is 0.900. The molecular formula is C10H21O4P. The van der Waals surface area contributed by atoms with Gasteiger partial charge >= 0.3 is 7.60 Å². The van der Waals surface area contributed by atoms with Crippen LogP contribution < -0.4 is 0 Å². The summed E-state index contributed by atoms with van der Waals surface area (Å²) in [6.07, 6.45) is 2.42. The summed E-state index contributed by atoms with van der Waals surface area (Å²) in [4.78, 5) is 20.8. The number of carbonyl (C=O) groups excluding carboxylic acids is 1. The summed E-state index contributed by atoms with van der Waals surface area (Å²) < 4.78 is 16.0. The molecule has 0 saturated heterocycles. The van der Waals surface area contributed by atoms with Gasteiger partial charge in [-0.1, -0.05) is 26.7 Å². The second-order valence-corrected chi connectivity index (χ2v) is 5.57. The van der Waals surface area contributed by atoms with Crippen molar-refractivity contribution in [1.29, 1.82) is 0 Å². The summed E-state index contributed by atoms with van der Waals surface area (Å²) in [5, 5.41) is 0. The molecule has 90 valence electrons. The van der Waals surface area contributed by atoms with Crippen LogP contribution in [0.5, 0.6) is 0 Å². The molecule has 2 unspecified atom stereocenters. The van der Waals surface area contributed by atoms with E-state index < -0.39 is 7.60 Å². The van der Waals surface area contributed by atoms with Crippen LogP contribution in [0.3, 0.4) is 0 Å². The van der Waals surface area contributed by atoms with Crippen LogP contribution in [0.2, 0.25) is 0 Å². The normalized spacial score (nSPS) is 17.1. The molecule has 0 amide bonds. The SMILES string of the molecule is CCCCC(C)C(=O)CP(=O)(O)OCC. The Morgan fingerprint density at radius 2 is 2.07 bits per heavy atom. The number of hydrogen-bond donors (Lipinski definition) is 1. The summed E-state index contributed by atoms with van der Waals surface area (Å²) in [6.45, 7) is 5.64. The molecular weight excluding hydrogens is 215 g/mol. The number of rotatable bonds is 8. The highest BCUT2D eigenvalue weighted by Crippen LogP contribution is 2.42. The maximum Gasteiger partial charge on any atom is 0.335 e. The smallest absolute Gasteiger partial charge is 0.324 e. The predicted molar refractivity (Wildman–Crippen MR) is 60.0 cm³/mol. The molecule has 0 aliphatic heterocycles. The van der Waals surface area contributed by atoms with Gasteiger partial charge in [0.2, 0.25) is 0 Å². The van der Waals surface area contributed by atoms with Gasteiger partial charge in [-0.3, -0.25) is 9.36 Å². The number of unbranched alkanes of at least 4 members (excludes halogenated alkanes) is 1. The third kappa shape index (κ3) is 6.82. The van der Waals surface area contributed by atoms with Crippen molar-refractivity contribution in [2.24, 2.45) is 5.92 Å². The van der Waals surface area contributed by atoms with Crippen molar-refractivity contribution in [3.8, 4) is 0 Å². The zero-order chi connectivity index (χ0) is 11.9. The van der Waals surface area contributed by atoms with Crippen LogP contribution in [-0.2, 0) is 13.9 Å². The zero-order valence-corrected chi connectivity index (χ0v) is 10.6. The number of Topliss-reactive ketones (excluding diaryl/α,β-unsaturated/α-hetero) is 1. The second-order valence-electron chi connectivity index (χ2n) is 3.72. The fourth-order valence-corrected chi connectivity index (χ4v) is 2.47. The molecule has 0 aromatic rings. The van der Waals surface area contributed by atoms with Crippen LogP contribution in [0.4, 0.5) is 0 Å². The maximum absolute atomic E-state index is 11.5. The van der Waals surface area contributed by atoms with Crippen molar-refractivity contribution in [3.63, 3.8) is 0 Å². The molecule has 0 spiro atoms. The van der Waals surface area contributed by atoms with Gasteiger partial charge in [0.05, 0.1) is 6.61 Å². The molecule has 4 nitrogen and oxygen atoms in total. The fourth-order valence-electron chi connectivity index (χ4n) is 1.27. The van der Waals surface area contributed by atoms with Gasteiger partial charge in [0.25, 0.3) is 0 Å². The first-order valence-corrected chi connectivity index (χ1v) is 7.18. The summed E-state index contributed by atoms with van der Waals surface area (Å²) in [7, 11) is -3.68. The second kappa shape index (κ2) is 7.15. The average Bonchev–Trinajstić information content (AvgIpc) is 2.13. The first-order chi connectivity index (χ1) is 6.93. The van der Waals surface area contributed by atoms with Crippen LogP contribution in [0, 0.1) is 5.92 Å². The molecule has 0 aliphatic carbocycles. The van der Waals surface area contributed by atoms with Crippen molar-refractivity contribution in [3.05, 3.63) is 0 Å². The zero-order valence-electron chi connectivity index (χ0n) is 9.73. The van der Waals surface area contributed by atoms with Crippen molar-refractivity contribution < 1.29 is 18.8 Å². The van der Waals surface area contributed by atoms with E-state index in [2.05, 4.69) is 4.52 Å². The van der Waals surface area contributed by atoms with Gasteiger partial charge in [-0.05, 0) is 13.3 Å². The van der Waals surface area contributed by atoms with Crippen LogP contribution in [0.1, 0.15) is 40.0 Å². The molecule has 15 heavy (non-hydrogen) atoms. The highest BCUT2D eigenvalue weighted by molar-refractivity contribution is 7.53. The molecule has 0 aromatic heterocycles. The third-order valence-electron chi connectivity index (χ3n) is 2.23. The minimum atomic E-state index is -3.68. The predicted octanol–water partition coefficient (Wildman–Crippen LogP) is 2.60. The first-order valence-electron chi connectivity index (χ1n) is 5.42. The molecule has 0 bridgehead atoms. The molecule has 0 aromatic carbocycles. The summed E-state index contributed by atoms with van der Waals surface area (Å²) in [5.74, 6) is -0.325. The summed E-state index contributed by atoms with van der Waals surface area (Å²) in [5.41, 5.74) is 0. The van der Waals surface area contributed by atoms with E-state index in [0.717, 1.165) is 19.3 Å². The van der Waals surface area contributed by atoms with E-state index in [0.29, 0.717) is 0 Å². The molecule has 0 saturated carbocycles. The number of carbonyl (C=O) groups is 1. The Hall–Kier alpha value is -0.180. The summed E-state index contributed by atoms with van der Waals surface area (Å²) >= 11 is 0. The lowest BCUT2D eigenvalue weighted by molar-refractivity contribution is -0.120. The van der Waals surface area contributed by atoms with Gasteiger partial charge in [-0.25, -0.2) is 0 Å². The van der Waals surface area contributed by atoms with E-state index in [-0.39, 0.29) is 24.5 Å². The van der Waals surface area contributed by atoms with E-state index in [1.165, 1.54) is 0 Å². The topological polar surface area (TPSA) is 63.6 Å². The van der Waals surface area contributed by atoms with Crippen molar-refractivity contribution in [2.75, 3.05) is 12.8 Å². The van der Waals surface area contributed by atoms with E-state index >= 15 is 0 Å². The van der Waals surface area contributed by atoms with Crippen molar-refractivity contribution in [2.45, 2.75) is 40.0 Å². The monoisotopic (exact) mass is 236 g/mol. The molecule has 5 heteroatoms. The van der Waals surface area contributed by atoms with Crippen LogP contribution in [0.25, 0.3) is 0 Å². The molecule has 1 N–H and O–H groups in total. The quantitative estimate of drug-likeness (QED) is 0.658. The largest absolute Gasteiger partial charge is 0.335 e. The Kier molecular flexibility index (Phi) is 7.07. The Morgan fingerprint density at radius 3 is 2.53 bits per heavy atom. The van der Waals surface area contributed by atoms with Gasteiger partial charge in [-0.15, -0.1) is 0 Å². The van der Waals surface area contributed by atoms with Crippen molar-refractivity contribution >= 4 is 13.4 Å². The van der Waals surface area contributed by atoms with E-state index in [4.69, 9.17) is 0 Å². The number of hydrogen-bond acceptors (Lipinski definition) is 3. The number of ketones is 1. The van der Waals surface area contributed by atoms with Crippen LogP contribution in [0.15, 0.2) is 0 Å². The summed E-state index contributed by atoms with van der Waals surface area (Å²) in [6, 6.07) is 0. The lowest BCUT2D eigenvalue weighted by Crippen LogP contribution is -2.16. The molecule has 2 atom stereocenters. The van der Waals surface area contributed by atoms with Crippen molar-refractivity contribution in [1.82, 2.24) is 0 Å². The van der Waals surface area contributed by atoms with E-state index in [1.54, 1.807) is 13.8 Å². The van der Waals surface area contributed by atoms with Gasteiger partial charge in [0.1, 0.15) is 11.9 Å². The standard InChI is InChI=1S/C10H21O4P/c1-4-6-7-9(3)10(11)8-15(12,13)14-5-2/h9H,4-8H2,1-3H3,(H,12,13). The maximum atomic E-state index is 11.5. The lowest BCUT2D eigenvalue weighted by Gasteiger charge is -2.13. The average molecular weight is 236 g/mol. The van der Waals surface area contributed by atoms with E-state index in [1.807, 2.05) is 6.92 Å². The molecule has 0 radical (unpaired) electrons. The molecule has 0 aliphatic rings. The molecule has 0 heterocycles.